The van der Waals surface area contributed by atoms with Crippen LogP contribution in [0.5, 0.6) is 0 Å². The number of hydrogen-bond donors (Lipinski definition) is 2. The van der Waals surface area contributed by atoms with Gasteiger partial charge in [-0.25, -0.2) is 4.39 Å². The minimum Gasteiger partial charge on any atom is -0.389 e. The van der Waals surface area contributed by atoms with Gasteiger partial charge in [-0.1, -0.05) is 32.0 Å². The second-order valence-electron chi connectivity index (χ2n) is 4.25. The Kier molecular flexibility index (Phi) is 5.35. The molecule has 0 aliphatic rings. The number of nitrogens with two attached hydrogens (primary N) is 1. The van der Waals surface area contributed by atoms with Crippen molar-refractivity contribution in [3.63, 3.8) is 0 Å². The molecule has 0 amide bonds. The number of benzene rings is 1. The molecule has 0 aliphatic heterocycles. The molecule has 3 N–H and O–H groups in total. The maximum Gasteiger partial charge on any atom is 0.146 e. The molecule has 1 rings (SSSR count). The van der Waals surface area contributed by atoms with Gasteiger partial charge in [0.15, 0.2) is 0 Å². The number of rotatable bonds is 6. The fourth-order valence-corrected chi connectivity index (χ4v) is 1.76. The highest BCUT2D eigenvalue weighted by molar-refractivity contribution is 7.80. The summed E-state index contributed by atoms with van der Waals surface area (Å²) in [5.74, 6) is -0.307. The van der Waals surface area contributed by atoms with E-state index in [-0.39, 0.29) is 16.8 Å². The SMILES string of the molecule is CCCCC(C)Nc1ccc(C(N)=S)cc1F. The smallest absolute Gasteiger partial charge is 0.146 e. The second kappa shape index (κ2) is 6.55. The summed E-state index contributed by atoms with van der Waals surface area (Å²) in [4.78, 5) is 0.217. The van der Waals surface area contributed by atoms with E-state index in [9.17, 15) is 4.39 Å². The lowest BCUT2D eigenvalue weighted by Gasteiger charge is -2.15. The lowest BCUT2D eigenvalue weighted by molar-refractivity contribution is 0.612. The van der Waals surface area contributed by atoms with E-state index >= 15 is 0 Å². The summed E-state index contributed by atoms with van der Waals surface area (Å²) in [6.45, 7) is 4.20. The van der Waals surface area contributed by atoms with Gasteiger partial charge in [0.2, 0.25) is 0 Å². The van der Waals surface area contributed by atoms with Crippen LogP contribution >= 0.6 is 12.2 Å². The number of halogens is 1. The van der Waals surface area contributed by atoms with E-state index in [0.717, 1.165) is 19.3 Å². The van der Waals surface area contributed by atoms with Gasteiger partial charge in [0.25, 0.3) is 0 Å². The molecule has 0 radical (unpaired) electrons. The van der Waals surface area contributed by atoms with E-state index in [4.69, 9.17) is 18.0 Å². The Labute approximate surface area is 107 Å². The van der Waals surface area contributed by atoms with Crippen molar-refractivity contribution < 1.29 is 4.39 Å². The van der Waals surface area contributed by atoms with E-state index in [0.29, 0.717) is 11.3 Å². The Morgan fingerprint density at radius 3 is 2.76 bits per heavy atom. The van der Waals surface area contributed by atoms with E-state index < -0.39 is 0 Å². The molecule has 1 unspecified atom stereocenters. The van der Waals surface area contributed by atoms with Crippen LogP contribution in [0.1, 0.15) is 38.7 Å². The van der Waals surface area contributed by atoms with Crippen LogP contribution in [0.25, 0.3) is 0 Å². The van der Waals surface area contributed by atoms with Gasteiger partial charge in [-0.05, 0) is 31.5 Å². The zero-order valence-electron chi connectivity index (χ0n) is 10.3. The molecule has 0 saturated heterocycles. The quantitative estimate of drug-likeness (QED) is 0.764. The Bertz CT molecular complexity index is 393. The van der Waals surface area contributed by atoms with E-state index in [2.05, 4.69) is 19.2 Å². The maximum atomic E-state index is 13.7. The van der Waals surface area contributed by atoms with Gasteiger partial charge in [0.05, 0.1) is 5.69 Å². The molecule has 17 heavy (non-hydrogen) atoms. The van der Waals surface area contributed by atoms with E-state index in [1.165, 1.54) is 6.07 Å². The largest absolute Gasteiger partial charge is 0.389 e. The molecule has 1 atom stereocenters. The third-order valence-electron chi connectivity index (χ3n) is 2.65. The first kappa shape index (κ1) is 13.9. The summed E-state index contributed by atoms with van der Waals surface area (Å²) in [6, 6.07) is 5.06. The number of anilines is 1. The molecule has 0 fully saturated rings. The first-order valence-corrected chi connectivity index (χ1v) is 6.31. The molecule has 1 aromatic rings. The van der Waals surface area contributed by atoms with Gasteiger partial charge in [-0.15, -0.1) is 0 Å². The molecule has 0 heterocycles. The highest BCUT2D eigenvalue weighted by Gasteiger charge is 2.07. The predicted molar refractivity (Wildman–Crippen MR) is 74.9 cm³/mol. The minimum atomic E-state index is -0.307. The van der Waals surface area contributed by atoms with Crippen molar-refractivity contribution in [3.8, 4) is 0 Å². The van der Waals surface area contributed by atoms with Crippen molar-refractivity contribution in [2.75, 3.05) is 5.32 Å². The molecular weight excluding hydrogens is 235 g/mol. The summed E-state index contributed by atoms with van der Waals surface area (Å²) in [6.07, 6.45) is 3.32. The number of thiocarbonyl (C=S) groups is 1. The van der Waals surface area contributed by atoms with Crippen LogP contribution in [0.2, 0.25) is 0 Å². The van der Waals surface area contributed by atoms with Gasteiger partial charge in [-0.2, -0.15) is 0 Å². The lowest BCUT2D eigenvalue weighted by Crippen LogP contribution is -2.16. The first-order chi connectivity index (χ1) is 8.04. The van der Waals surface area contributed by atoms with Crippen LogP contribution in [-0.2, 0) is 0 Å². The lowest BCUT2D eigenvalue weighted by atomic mass is 10.1. The molecule has 94 valence electrons. The third-order valence-corrected chi connectivity index (χ3v) is 2.88. The van der Waals surface area contributed by atoms with Crippen LogP contribution in [-0.4, -0.2) is 11.0 Å². The van der Waals surface area contributed by atoms with Gasteiger partial charge < -0.3 is 11.1 Å². The summed E-state index contributed by atoms with van der Waals surface area (Å²) in [5, 5.41) is 3.15. The van der Waals surface area contributed by atoms with E-state index in [1.807, 2.05) is 0 Å². The molecule has 0 spiro atoms. The minimum absolute atomic E-state index is 0.217. The highest BCUT2D eigenvalue weighted by Crippen LogP contribution is 2.18. The van der Waals surface area contributed by atoms with Crippen LogP contribution in [0.15, 0.2) is 18.2 Å². The molecule has 0 aliphatic carbocycles. The number of unbranched alkanes of at least 4 members (excludes halogenated alkanes) is 1. The van der Waals surface area contributed by atoms with Crippen molar-refractivity contribution >= 4 is 22.9 Å². The summed E-state index contributed by atoms with van der Waals surface area (Å²) in [5.41, 5.74) is 6.51. The maximum absolute atomic E-state index is 13.7. The standard InChI is InChI=1S/C13H19FN2S/c1-3-4-5-9(2)16-12-7-6-10(13(15)17)8-11(12)14/h6-9,16H,3-5H2,1-2H3,(H2,15,17). The Balaban J connectivity index is 2.69. The topological polar surface area (TPSA) is 38.0 Å². The molecule has 1 aromatic carbocycles. The van der Waals surface area contributed by atoms with Gasteiger partial charge in [-0.3, -0.25) is 0 Å². The van der Waals surface area contributed by atoms with Crippen LogP contribution in [0, 0.1) is 5.82 Å². The van der Waals surface area contributed by atoms with Crippen molar-refractivity contribution in [1.29, 1.82) is 0 Å². The van der Waals surface area contributed by atoms with Crippen LogP contribution < -0.4 is 11.1 Å². The van der Waals surface area contributed by atoms with Crippen molar-refractivity contribution in [2.45, 2.75) is 39.2 Å². The number of nitrogens with one attached hydrogen (secondary N) is 1. The normalized spacial score (nSPS) is 12.2. The van der Waals surface area contributed by atoms with Crippen LogP contribution in [0.4, 0.5) is 10.1 Å². The average Bonchev–Trinajstić information content (AvgIpc) is 2.28. The monoisotopic (exact) mass is 254 g/mol. The van der Waals surface area contributed by atoms with Crippen molar-refractivity contribution in [2.24, 2.45) is 5.73 Å². The second-order valence-corrected chi connectivity index (χ2v) is 4.69. The Morgan fingerprint density at radius 2 is 2.24 bits per heavy atom. The summed E-state index contributed by atoms with van der Waals surface area (Å²) in [7, 11) is 0. The van der Waals surface area contributed by atoms with Gasteiger partial charge in [0.1, 0.15) is 10.8 Å². The van der Waals surface area contributed by atoms with Crippen LogP contribution in [0.3, 0.4) is 0 Å². The Hall–Kier alpha value is -1.16. The number of hydrogen-bond acceptors (Lipinski definition) is 2. The molecule has 0 bridgehead atoms. The van der Waals surface area contributed by atoms with Gasteiger partial charge in [0, 0.05) is 11.6 Å². The molecule has 4 heteroatoms. The Morgan fingerprint density at radius 1 is 1.53 bits per heavy atom. The van der Waals surface area contributed by atoms with E-state index in [1.54, 1.807) is 12.1 Å². The molecular formula is C13H19FN2S. The fraction of sp³-hybridized carbons (Fsp3) is 0.462. The predicted octanol–water partition coefficient (Wildman–Crippen LogP) is 3.45. The van der Waals surface area contributed by atoms with Crippen molar-refractivity contribution in [1.82, 2.24) is 0 Å². The average molecular weight is 254 g/mol. The molecule has 0 saturated carbocycles. The third kappa shape index (κ3) is 4.30. The highest BCUT2D eigenvalue weighted by atomic mass is 32.1. The fourth-order valence-electron chi connectivity index (χ4n) is 1.63. The molecule has 0 aromatic heterocycles. The summed E-state index contributed by atoms with van der Waals surface area (Å²) < 4.78 is 13.7. The van der Waals surface area contributed by atoms with Crippen molar-refractivity contribution in [3.05, 3.63) is 29.6 Å². The summed E-state index contributed by atoms with van der Waals surface area (Å²) >= 11 is 4.80. The molecule has 2 nitrogen and oxygen atoms in total. The van der Waals surface area contributed by atoms with Gasteiger partial charge >= 0.3 is 0 Å². The zero-order chi connectivity index (χ0) is 12.8. The first-order valence-electron chi connectivity index (χ1n) is 5.90. The zero-order valence-corrected chi connectivity index (χ0v) is 11.1.